The molecule has 104 valence electrons. The number of fused-ring (bicyclic) bond motifs is 1. The van der Waals surface area contributed by atoms with Gasteiger partial charge in [-0.25, -0.2) is 0 Å². The third-order valence-corrected chi connectivity index (χ3v) is 3.40. The van der Waals surface area contributed by atoms with Crippen LogP contribution in [-0.2, 0) is 4.79 Å². The highest BCUT2D eigenvalue weighted by Gasteiger charge is 2.33. The first kappa shape index (κ1) is 13.9. The lowest BCUT2D eigenvalue weighted by atomic mass is 9.91. The number of carbonyl (C=O) groups is 1. The van der Waals surface area contributed by atoms with Crippen molar-refractivity contribution in [1.82, 2.24) is 0 Å². The van der Waals surface area contributed by atoms with E-state index in [1.54, 1.807) is 12.0 Å². The van der Waals surface area contributed by atoms with Crippen LogP contribution in [0.25, 0.3) is 0 Å². The van der Waals surface area contributed by atoms with Crippen molar-refractivity contribution in [3.05, 3.63) is 23.8 Å². The van der Waals surface area contributed by atoms with Crippen LogP contribution in [0.15, 0.2) is 18.2 Å². The molecule has 1 heterocycles. The summed E-state index contributed by atoms with van der Waals surface area (Å²) in [6, 6.07) is 5.47. The van der Waals surface area contributed by atoms with Crippen LogP contribution in [0.5, 0.6) is 5.75 Å². The van der Waals surface area contributed by atoms with E-state index in [0.717, 1.165) is 11.3 Å². The average Bonchev–Trinajstić information content (AvgIpc) is 2.37. The van der Waals surface area contributed by atoms with Gasteiger partial charge in [-0.15, -0.1) is 0 Å². The Hall–Kier alpha value is -1.55. The first-order valence-electron chi connectivity index (χ1n) is 6.52. The molecule has 4 nitrogen and oxygen atoms in total. The summed E-state index contributed by atoms with van der Waals surface area (Å²) in [6.45, 7) is 6.27. The maximum atomic E-state index is 12.5. The Balaban J connectivity index is 2.43. The fourth-order valence-electron chi connectivity index (χ4n) is 2.32. The normalized spacial score (nSPS) is 19.0. The number of rotatable bonds is 1. The minimum atomic E-state index is -0.533. The van der Waals surface area contributed by atoms with Crippen LogP contribution in [0.3, 0.4) is 0 Å². The lowest BCUT2D eigenvalue weighted by Crippen LogP contribution is -2.43. The van der Waals surface area contributed by atoms with Gasteiger partial charge in [0.25, 0.3) is 0 Å². The van der Waals surface area contributed by atoms with E-state index in [1.165, 1.54) is 0 Å². The molecular weight excluding hydrogens is 242 g/mol. The van der Waals surface area contributed by atoms with Crippen molar-refractivity contribution in [2.45, 2.75) is 33.3 Å². The fourth-order valence-corrected chi connectivity index (χ4v) is 2.32. The van der Waals surface area contributed by atoms with Crippen molar-refractivity contribution in [3.63, 3.8) is 0 Å². The van der Waals surface area contributed by atoms with E-state index in [0.29, 0.717) is 18.7 Å². The molecule has 0 bridgehead atoms. The minimum absolute atomic E-state index is 0.0748. The molecule has 0 radical (unpaired) electrons. The number of hydrogen-bond donors (Lipinski definition) is 1. The second kappa shape index (κ2) is 4.85. The zero-order valence-electron chi connectivity index (χ0n) is 11.9. The Morgan fingerprint density at radius 1 is 1.42 bits per heavy atom. The van der Waals surface area contributed by atoms with Gasteiger partial charge >= 0.3 is 0 Å². The second-order valence-electron chi connectivity index (χ2n) is 5.94. The third kappa shape index (κ3) is 2.59. The third-order valence-electron chi connectivity index (χ3n) is 3.40. The lowest BCUT2D eigenvalue weighted by molar-refractivity contribution is -0.126. The topological polar surface area (TPSA) is 49.8 Å². The quantitative estimate of drug-likeness (QED) is 0.847. The monoisotopic (exact) mass is 263 g/mol. The van der Waals surface area contributed by atoms with Crippen LogP contribution < -0.4 is 9.64 Å². The summed E-state index contributed by atoms with van der Waals surface area (Å²) in [5, 5.41) is 10.1. The first-order chi connectivity index (χ1) is 8.84. The SMILES string of the molecule is COc1ccc2c(c1)C(O)CCN2C(=O)C(C)(C)C. The highest BCUT2D eigenvalue weighted by atomic mass is 16.5. The Morgan fingerprint density at radius 3 is 2.68 bits per heavy atom. The molecule has 0 saturated heterocycles. The number of aliphatic hydroxyl groups excluding tert-OH is 1. The van der Waals surface area contributed by atoms with E-state index >= 15 is 0 Å². The second-order valence-corrected chi connectivity index (χ2v) is 5.94. The summed E-state index contributed by atoms with van der Waals surface area (Å²) in [7, 11) is 1.59. The van der Waals surface area contributed by atoms with Crippen LogP contribution in [0, 0.1) is 5.41 Å². The smallest absolute Gasteiger partial charge is 0.232 e. The fraction of sp³-hybridized carbons (Fsp3) is 0.533. The summed E-state index contributed by atoms with van der Waals surface area (Å²) < 4.78 is 5.18. The summed E-state index contributed by atoms with van der Waals surface area (Å²) in [4.78, 5) is 14.2. The van der Waals surface area contributed by atoms with E-state index in [2.05, 4.69) is 0 Å². The van der Waals surface area contributed by atoms with E-state index < -0.39 is 11.5 Å². The van der Waals surface area contributed by atoms with Crippen molar-refractivity contribution >= 4 is 11.6 Å². The van der Waals surface area contributed by atoms with Gasteiger partial charge in [0.15, 0.2) is 0 Å². The number of ether oxygens (including phenoxy) is 1. The van der Waals surface area contributed by atoms with Crippen LogP contribution in [0.1, 0.15) is 38.9 Å². The average molecular weight is 263 g/mol. The molecule has 1 atom stereocenters. The number of methoxy groups -OCH3 is 1. The molecule has 1 aliphatic rings. The number of nitrogens with zero attached hydrogens (tertiary/aromatic N) is 1. The van der Waals surface area contributed by atoms with Crippen LogP contribution in [-0.4, -0.2) is 24.7 Å². The molecule has 0 spiro atoms. The van der Waals surface area contributed by atoms with E-state index in [9.17, 15) is 9.90 Å². The molecule has 1 amide bonds. The van der Waals surface area contributed by atoms with Crippen molar-refractivity contribution in [2.24, 2.45) is 5.41 Å². The number of carbonyl (C=O) groups excluding carboxylic acids is 1. The van der Waals surface area contributed by atoms with Crippen molar-refractivity contribution < 1.29 is 14.6 Å². The van der Waals surface area contributed by atoms with Gasteiger partial charge in [-0.1, -0.05) is 20.8 Å². The molecule has 4 heteroatoms. The highest BCUT2D eigenvalue weighted by molar-refractivity contribution is 5.98. The zero-order chi connectivity index (χ0) is 14.2. The van der Waals surface area contributed by atoms with Crippen LogP contribution in [0.4, 0.5) is 5.69 Å². The van der Waals surface area contributed by atoms with Crippen molar-refractivity contribution in [2.75, 3.05) is 18.6 Å². The standard InChI is InChI=1S/C15H21NO3/c1-15(2,3)14(18)16-8-7-13(17)11-9-10(19-4)5-6-12(11)16/h5-6,9,13,17H,7-8H2,1-4H3. The summed E-state index contributed by atoms with van der Waals surface area (Å²) in [5.41, 5.74) is 1.13. The Morgan fingerprint density at radius 2 is 2.11 bits per heavy atom. The Kier molecular flexibility index (Phi) is 3.54. The Bertz CT molecular complexity index is 491. The first-order valence-corrected chi connectivity index (χ1v) is 6.52. The predicted octanol–water partition coefficient (Wildman–Crippen LogP) is 2.51. The van der Waals surface area contributed by atoms with Gasteiger partial charge in [-0.05, 0) is 24.6 Å². The highest BCUT2D eigenvalue weighted by Crippen LogP contribution is 2.38. The van der Waals surface area contributed by atoms with Gasteiger partial charge in [0.1, 0.15) is 5.75 Å². The molecule has 0 aliphatic carbocycles. The van der Waals surface area contributed by atoms with E-state index in [-0.39, 0.29) is 5.91 Å². The molecule has 19 heavy (non-hydrogen) atoms. The number of amides is 1. The molecule has 1 aromatic rings. The van der Waals surface area contributed by atoms with Gasteiger partial charge < -0.3 is 14.7 Å². The van der Waals surface area contributed by atoms with Crippen molar-refractivity contribution in [1.29, 1.82) is 0 Å². The van der Waals surface area contributed by atoms with Gasteiger partial charge in [-0.2, -0.15) is 0 Å². The molecule has 1 N–H and O–H groups in total. The number of aliphatic hydroxyl groups is 1. The maximum absolute atomic E-state index is 12.5. The molecular formula is C15H21NO3. The molecule has 1 aromatic carbocycles. The van der Waals surface area contributed by atoms with Gasteiger partial charge in [0.2, 0.25) is 5.91 Å². The number of anilines is 1. The van der Waals surface area contributed by atoms with E-state index in [4.69, 9.17) is 4.74 Å². The lowest BCUT2D eigenvalue weighted by Gasteiger charge is -2.36. The van der Waals surface area contributed by atoms with Gasteiger partial charge in [0, 0.05) is 23.2 Å². The summed E-state index contributed by atoms with van der Waals surface area (Å²) in [6.07, 6.45) is 0.0243. The molecule has 0 aromatic heterocycles. The summed E-state index contributed by atoms with van der Waals surface area (Å²) >= 11 is 0. The Labute approximate surface area is 114 Å². The molecule has 2 rings (SSSR count). The number of hydrogen-bond acceptors (Lipinski definition) is 3. The van der Waals surface area contributed by atoms with Crippen LogP contribution >= 0.6 is 0 Å². The van der Waals surface area contributed by atoms with E-state index in [1.807, 2.05) is 39.0 Å². The van der Waals surface area contributed by atoms with Crippen LogP contribution in [0.2, 0.25) is 0 Å². The molecule has 0 fully saturated rings. The largest absolute Gasteiger partial charge is 0.497 e. The van der Waals surface area contributed by atoms with Gasteiger partial charge in [-0.3, -0.25) is 4.79 Å². The minimum Gasteiger partial charge on any atom is -0.497 e. The molecule has 1 aliphatic heterocycles. The maximum Gasteiger partial charge on any atom is 0.232 e. The van der Waals surface area contributed by atoms with Crippen molar-refractivity contribution in [3.8, 4) is 5.75 Å². The molecule has 1 unspecified atom stereocenters. The van der Waals surface area contributed by atoms with Gasteiger partial charge in [0.05, 0.1) is 13.2 Å². The molecule has 0 saturated carbocycles. The predicted molar refractivity (Wildman–Crippen MR) is 74.4 cm³/mol. The number of benzene rings is 1. The summed E-state index contributed by atoms with van der Waals surface area (Å²) in [5.74, 6) is 0.772. The zero-order valence-corrected chi connectivity index (χ0v) is 11.9.